The van der Waals surface area contributed by atoms with E-state index in [9.17, 15) is 0 Å². The first-order chi connectivity index (χ1) is 9.92. The topological polar surface area (TPSA) is 82.1 Å². The van der Waals surface area contributed by atoms with E-state index in [0.717, 1.165) is 22.8 Å². The monoisotopic (exact) mass is 264 g/mol. The number of rotatable bonds is 4. The molecule has 0 atom stereocenters. The van der Waals surface area contributed by atoms with Crippen molar-refractivity contribution in [3.8, 4) is 0 Å². The lowest BCUT2D eigenvalue weighted by Crippen LogP contribution is -1.80. The van der Waals surface area contributed by atoms with Crippen molar-refractivity contribution < 1.29 is 0 Å². The normalized spacial score (nSPS) is 11.6. The Balaban J connectivity index is 1.85. The number of aromatic amines is 2. The van der Waals surface area contributed by atoms with E-state index in [-0.39, 0.29) is 0 Å². The maximum atomic E-state index is 4.41. The predicted octanol–water partition coefficient (Wildman–Crippen LogP) is 2.63. The highest BCUT2D eigenvalue weighted by Crippen LogP contribution is 2.26. The second kappa shape index (κ2) is 5.75. The van der Waals surface area contributed by atoms with E-state index < -0.39 is 0 Å². The first-order valence-corrected chi connectivity index (χ1v) is 6.06. The van der Waals surface area contributed by atoms with Crippen LogP contribution in [0.2, 0.25) is 0 Å². The number of aliphatic imine (C=N–C) groups is 2. The van der Waals surface area contributed by atoms with Gasteiger partial charge >= 0.3 is 0 Å². The maximum absolute atomic E-state index is 4.41. The molecule has 2 aromatic heterocycles. The van der Waals surface area contributed by atoms with E-state index in [1.54, 1.807) is 37.5 Å². The van der Waals surface area contributed by atoms with Gasteiger partial charge in [0, 0.05) is 0 Å². The molecular formula is C14H12N6. The van der Waals surface area contributed by atoms with Gasteiger partial charge in [0.2, 0.25) is 0 Å². The van der Waals surface area contributed by atoms with Gasteiger partial charge in [-0.3, -0.25) is 9.98 Å². The summed E-state index contributed by atoms with van der Waals surface area (Å²) in [7, 11) is 0. The number of imidazole rings is 2. The summed E-state index contributed by atoms with van der Waals surface area (Å²) in [5.74, 6) is 0. The van der Waals surface area contributed by atoms with Crippen molar-refractivity contribution in [3.63, 3.8) is 0 Å². The zero-order valence-electron chi connectivity index (χ0n) is 10.6. The average molecular weight is 264 g/mol. The van der Waals surface area contributed by atoms with Crippen LogP contribution in [0.4, 0.5) is 11.4 Å². The Morgan fingerprint density at radius 1 is 0.800 bits per heavy atom. The molecule has 0 spiro atoms. The molecule has 0 radical (unpaired) electrons. The summed E-state index contributed by atoms with van der Waals surface area (Å²) in [4.78, 5) is 22.6. The first kappa shape index (κ1) is 12.0. The van der Waals surface area contributed by atoms with Crippen molar-refractivity contribution in [2.24, 2.45) is 9.98 Å². The number of benzene rings is 1. The summed E-state index contributed by atoms with van der Waals surface area (Å²) in [6.45, 7) is 0. The molecule has 1 aromatic carbocycles. The second-order valence-electron chi connectivity index (χ2n) is 4.02. The number of para-hydroxylation sites is 2. The standard InChI is InChI=1S/C14H12N6/c1-2-4-14(18-8-12-6-16-10-20-12)13(3-1)17-7-11-5-15-9-19-11/h1-10H,(H,15,19)(H,16,20). The minimum atomic E-state index is 0.790. The fourth-order valence-corrected chi connectivity index (χ4v) is 1.64. The van der Waals surface area contributed by atoms with Crippen LogP contribution in [-0.2, 0) is 0 Å². The van der Waals surface area contributed by atoms with Gasteiger partial charge in [-0.05, 0) is 12.1 Å². The Hall–Kier alpha value is -3.02. The quantitative estimate of drug-likeness (QED) is 0.710. The van der Waals surface area contributed by atoms with Crippen molar-refractivity contribution in [2.45, 2.75) is 0 Å². The fourth-order valence-electron chi connectivity index (χ4n) is 1.64. The zero-order chi connectivity index (χ0) is 13.6. The predicted molar refractivity (Wildman–Crippen MR) is 78.1 cm³/mol. The highest BCUT2D eigenvalue weighted by Gasteiger charge is 1.97. The summed E-state index contributed by atoms with van der Waals surface area (Å²) >= 11 is 0. The Kier molecular flexibility index (Phi) is 3.46. The lowest BCUT2D eigenvalue weighted by molar-refractivity contribution is 1.31. The smallest absolute Gasteiger partial charge is 0.0924 e. The van der Waals surface area contributed by atoms with E-state index in [2.05, 4.69) is 29.9 Å². The second-order valence-corrected chi connectivity index (χ2v) is 4.02. The minimum absolute atomic E-state index is 0.790. The van der Waals surface area contributed by atoms with Crippen molar-refractivity contribution in [2.75, 3.05) is 0 Å². The van der Waals surface area contributed by atoms with Crippen LogP contribution < -0.4 is 0 Å². The Bertz CT molecular complexity index is 647. The Labute approximate surface area is 115 Å². The highest BCUT2D eigenvalue weighted by molar-refractivity contribution is 5.84. The summed E-state index contributed by atoms with van der Waals surface area (Å²) in [6.07, 6.45) is 10.1. The number of nitrogens with one attached hydrogen (secondary N) is 2. The van der Waals surface area contributed by atoms with Gasteiger partial charge in [-0.15, -0.1) is 0 Å². The molecule has 6 nitrogen and oxygen atoms in total. The van der Waals surface area contributed by atoms with E-state index in [1.807, 2.05) is 24.3 Å². The molecule has 0 saturated heterocycles. The molecule has 0 aliphatic heterocycles. The van der Waals surface area contributed by atoms with Gasteiger partial charge in [-0.1, -0.05) is 12.1 Å². The molecule has 0 unspecified atom stereocenters. The van der Waals surface area contributed by atoms with Crippen molar-refractivity contribution in [1.82, 2.24) is 19.9 Å². The molecule has 0 saturated carbocycles. The molecular weight excluding hydrogens is 252 g/mol. The average Bonchev–Trinajstić information content (AvgIpc) is 3.17. The fraction of sp³-hybridized carbons (Fsp3) is 0. The van der Waals surface area contributed by atoms with Gasteiger partial charge in [0.25, 0.3) is 0 Å². The van der Waals surface area contributed by atoms with Crippen LogP contribution in [0.25, 0.3) is 0 Å². The van der Waals surface area contributed by atoms with Gasteiger partial charge in [0.1, 0.15) is 0 Å². The third kappa shape index (κ3) is 2.86. The molecule has 6 heteroatoms. The molecule has 2 N–H and O–H groups in total. The maximum Gasteiger partial charge on any atom is 0.0924 e. The molecule has 98 valence electrons. The third-order valence-electron chi connectivity index (χ3n) is 2.61. The summed E-state index contributed by atoms with van der Waals surface area (Å²) in [5.41, 5.74) is 3.27. The summed E-state index contributed by atoms with van der Waals surface area (Å²) < 4.78 is 0. The number of nitrogens with zero attached hydrogens (tertiary/aromatic N) is 4. The van der Waals surface area contributed by atoms with Crippen LogP contribution in [0.3, 0.4) is 0 Å². The van der Waals surface area contributed by atoms with Crippen LogP contribution in [0.1, 0.15) is 11.4 Å². The zero-order valence-corrected chi connectivity index (χ0v) is 10.6. The van der Waals surface area contributed by atoms with Crippen molar-refractivity contribution in [3.05, 3.63) is 60.7 Å². The van der Waals surface area contributed by atoms with Gasteiger partial charge in [-0.25, -0.2) is 9.97 Å². The van der Waals surface area contributed by atoms with E-state index in [1.165, 1.54) is 0 Å². The van der Waals surface area contributed by atoms with Gasteiger partial charge in [0.05, 0.1) is 60.2 Å². The first-order valence-electron chi connectivity index (χ1n) is 6.06. The summed E-state index contributed by atoms with van der Waals surface area (Å²) in [6, 6.07) is 7.67. The largest absolute Gasteiger partial charge is 0.344 e. The molecule has 0 aliphatic carbocycles. The molecule has 3 rings (SSSR count). The van der Waals surface area contributed by atoms with Gasteiger partial charge in [-0.2, -0.15) is 0 Å². The molecule has 2 heterocycles. The number of H-pyrrole nitrogens is 2. The van der Waals surface area contributed by atoms with Crippen LogP contribution >= 0.6 is 0 Å². The molecule has 20 heavy (non-hydrogen) atoms. The molecule has 3 aromatic rings. The van der Waals surface area contributed by atoms with Crippen LogP contribution in [0.15, 0.2) is 59.3 Å². The van der Waals surface area contributed by atoms with Crippen LogP contribution in [0.5, 0.6) is 0 Å². The van der Waals surface area contributed by atoms with E-state index >= 15 is 0 Å². The third-order valence-corrected chi connectivity index (χ3v) is 2.61. The van der Waals surface area contributed by atoms with E-state index in [0.29, 0.717) is 0 Å². The van der Waals surface area contributed by atoms with Gasteiger partial charge in [0.15, 0.2) is 0 Å². The molecule has 0 bridgehead atoms. The Morgan fingerprint density at radius 3 is 1.70 bits per heavy atom. The van der Waals surface area contributed by atoms with Crippen molar-refractivity contribution >= 4 is 23.8 Å². The highest BCUT2D eigenvalue weighted by atomic mass is 14.9. The lowest BCUT2D eigenvalue weighted by atomic mass is 10.3. The van der Waals surface area contributed by atoms with Crippen LogP contribution in [0, 0.1) is 0 Å². The number of aromatic nitrogens is 4. The molecule has 0 fully saturated rings. The van der Waals surface area contributed by atoms with Crippen LogP contribution in [-0.4, -0.2) is 32.4 Å². The molecule has 0 amide bonds. The number of hydrogen-bond donors (Lipinski definition) is 2. The molecule has 0 aliphatic rings. The lowest BCUT2D eigenvalue weighted by Gasteiger charge is -1.98. The SMILES string of the molecule is C(=Nc1ccccc1N=Cc1cnc[nH]1)c1cnc[nH]1. The van der Waals surface area contributed by atoms with E-state index in [4.69, 9.17) is 0 Å². The van der Waals surface area contributed by atoms with Crippen molar-refractivity contribution in [1.29, 1.82) is 0 Å². The Morgan fingerprint density at radius 2 is 1.30 bits per heavy atom. The summed E-state index contributed by atoms with van der Waals surface area (Å²) in [5, 5.41) is 0. The minimum Gasteiger partial charge on any atom is -0.344 e. The number of hydrogen-bond acceptors (Lipinski definition) is 4. The van der Waals surface area contributed by atoms with Gasteiger partial charge < -0.3 is 9.97 Å².